The van der Waals surface area contributed by atoms with Gasteiger partial charge < -0.3 is 9.32 Å². The van der Waals surface area contributed by atoms with Gasteiger partial charge in [-0.25, -0.2) is 4.39 Å². The van der Waals surface area contributed by atoms with Gasteiger partial charge in [-0.15, -0.1) is 0 Å². The minimum absolute atomic E-state index is 0.0719. The van der Waals surface area contributed by atoms with Gasteiger partial charge in [0.2, 0.25) is 5.91 Å². The van der Waals surface area contributed by atoms with Crippen molar-refractivity contribution in [3.8, 4) is 0 Å². The summed E-state index contributed by atoms with van der Waals surface area (Å²) in [7, 11) is 0. The van der Waals surface area contributed by atoms with Crippen LogP contribution in [0.1, 0.15) is 16.7 Å². The largest absolute Gasteiger partial charge is 0.464 e. The number of fused-ring (bicyclic) bond motifs is 1. The van der Waals surface area contributed by atoms with Crippen LogP contribution in [-0.2, 0) is 17.9 Å². The maximum Gasteiger partial charge on any atom is 0.247 e. The molecule has 0 bridgehead atoms. The number of nitrogens with zero attached hydrogens (tertiary/aromatic N) is 1. The summed E-state index contributed by atoms with van der Waals surface area (Å²) in [5.74, 6) is -0.610. The van der Waals surface area contributed by atoms with Crippen LogP contribution in [0.4, 0.5) is 4.39 Å². The highest BCUT2D eigenvalue weighted by Gasteiger charge is 2.16. The van der Waals surface area contributed by atoms with Crippen molar-refractivity contribution >= 4 is 23.0 Å². The Kier molecular flexibility index (Phi) is 6.03. The van der Waals surface area contributed by atoms with E-state index >= 15 is 0 Å². The molecule has 0 radical (unpaired) electrons. The average molecular weight is 413 g/mol. The van der Waals surface area contributed by atoms with Crippen molar-refractivity contribution in [2.24, 2.45) is 0 Å². The minimum atomic E-state index is -0.347. The van der Waals surface area contributed by atoms with E-state index in [1.807, 2.05) is 30.3 Å². The zero-order chi connectivity index (χ0) is 21.6. The van der Waals surface area contributed by atoms with Crippen LogP contribution in [0.25, 0.3) is 17.0 Å². The summed E-state index contributed by atoms with van der Waals surface area (Å²) in [5, 5.41) is 0.467. The highest BCUT2D eigenvalue weighted by molar-refractivity contribution is 5.91. The predicted octanol–water partition coefficient (Wildman–Crippen LogP) is 5.17. The number of hydrogen-bond acceptors (Lipinski definition) is 3. The van der Waals surface area contributed by atoms with E-state index in [4.69, 9.17) is 4.42 Å². The van der Waals surface area contributed by atoms with E-state index in [2.05, 4.69) is 0 Å². The number of carbonyl (C=O) groups is 1. The molecule has 1 heterocycles. The molecule has 4 nitrogen and oxygen atoms in total. The molecule has 0 spiro atoms. The Hall–Kier alpha value is -3.99. The number of halogens is 1. The van der Waals surface area contributed by atoms with Gasteiger partial charge in [0, 0.05) is 12.6 Å². The Morgan fingerprint density at radius 1 is 0.903 bits per heavy atom. The smallest absolute Gasteiger partial charge is 0.247 e. The van der Waals surface area contributed by atoms with Crippen LogP contribution in [0.3, 0.4) is 0 Å². The van der Waals surface area contributed by atoms with Crippen molar-refractivity contribution in [2.45, 2.75) is 13.1 Å². The topological polar surface area (TPSA) is 50.5 Å². The number of rotatable bonds is 6. The first-order valence-electron chi connectivity index (χ1n) is 9.86. The van der Waals surface area contributed by atoms with Crippen LogP contribution in [0.2, 0.25) is 0 Å². The zero-order valence-corrected chi connectivity index (χ0v) is 16.7. The first-order chi connectivity index (χ1) is 15.1. The lowest BCUT2D eigenvalue weighted by Crippen LogP contribution is -2.30. The first-order valence-corrected chi connectivity index (χ1v) is 9.86. The molecule has 1 aromatic heterocycles. The van der Waals surface area contributed by atoms with Gasteiger partial charge in [0.25, 0.3) is 0 Å². The van der Waals surface area contributed by atoms with E-state index < -0.39 is 0 Å². The summed E-state index contributed by atoms with van der Waals surface area (Å²) in [6.45, 7) is 0.299. The Balaban J connectivity index is 1.64. The molecule has 31 heavy (non-hydrogen) atoms. The molecule has 4 rings (SSSR count). The monoisotopic (exact) mass is 413 g/mol. The predicted molar refractivity (Wildman–Crippen MR) is 119 cm³/mol. The third kappa shape index (κ3) is 4.95. The van der Waals surface area contributed by atoms with Crippen LogP contribution in [-0.4, -0.2) is 10.8 Å². The fourth-order valence-electron chi connectivity index (χ4n) is 3.29. The molecule has 5 heteroatoms. The van der Waals surface area contributed by atoms with Gasteiger partial charge in [0.15, 0.2) is 5.43 Å². The number of benzene rings is 3. The average Bonchev–Trinajstić information content (AvgIpc) is 2.81. The van der Waals surface area contributed by atoms with Gasteiger partial charge in [-0.05, 0) is 41.5 Å². The number of hydrogen-bond donors (Lipinski definition) is 0. The summed E-state index contributed by atoms with van der Waals surface area (Å²) < 4.78 is 18.9. The molecule has 0 N–H and O–H groups in total. The first kappa shape index (κ1) is 20.3. The van der Waals surface area contributed by atoms with E-state index in [0.29, 0.717) is 16.5 Å². The summed E-state index contributed by atoms with van der Waals surface area (Å²) in [6, 6.07) is 22.4. The van der Waals surface area contributed by atoms with E-state index in [9.17, 15) is 14.0 Å². The van der Waals surface area contributed by atoms with Crippen molar-refractivity contribution in [2.75, 3.05) is 0 Å². The Labute approximate surface area is 178 Å². The molecule has 154 valence electrons. The fraction of sp³-hybridized carbons (Fsp3) is 0.0769. The van der Waals surface area contributed by atoms with Crippen molar-refractivity contribution in [1.82, 2.24) is 4.90 Å². The summed E-state index contributed by atoms with van der Waals surface area (Å²) in [6.07, 6.45) is 4.60. The minimum Gasteiger partial charge on any atom is -0.464 e. The summed E-state index contributed by atoms with van der Waals surface area (Å²) >= 11 is 0. The Bertz CT molecular complexity index is 1280. The molecule has 0 aliphatic heterocycles. The van der Waals surface area contributed by atoms with Crippen molar-refractivity contribution < 1.29 is 13.6 Å². The van der Waals surface area contributed by atoms with Gasteiger partial charge in [0.05, 0.1) is 23.8 Å². The van der Waals surface area contributed by atoms with Crippen LogP contribution in [0.5, 0.6) is 0 Å². The molecule has 1 amide bonds. The van der Waals surface area contributed by atoms with Crippen molar-refractivity contribution in [1.29, 1.82) is 0 Å². The molecule has 0 saturated heterocycles. The van der Waals surface area contributed by atoms with Gasteiger partial charge in [-0.1, -0.05) is 54.6 Å². The highest BCUT2D eigenvalue weighted by Crippen LogP contribution is 2.15. The summed E-state index contributed by atoms with van der Waals surface area (Å²) in [5.41, 5.74) is 2.35. The van der Waals surface area contributed by atoms with E-state index in [-0.39, 0.29) is 30.2 Å². The maximum atomic E-state index is 13.3. The molecule has 0 fully saturated rings. The fourth-order valence-corrected chi connectivity index (χ4v) is 3.29. The lowest BCUT2D eigenvalue weighted by atomic mass is 10.1. The van der Waals surface area contributed by atoms with Gasteiger partial charge in [-0.3, -0.25) is 9.59 Å². The third-order valence-electron chi connectivity index (χ3n) is 4.93. The lowest BCUT2D eigenvalue weighted by Gasteiger charge is -2.21. The molecule has 0 aliphatic carbocycles. The highest BCUT2D eigenvalue weighted by atomic mass is 19.1. The molecule has 4 aromatic rings. The number of carbonyl (C=O) groups excluding carboxylic acids is 1. The molecule has 0 unspecified atom stereocenters. The van der Waals surface area contributed by atoms with Crippen LogP contribution in [0.15, 0.2) is 100 Å². The second-order valence-electron chi connectivity index (χ2n) is 7.15. The molecule has 0 aliphatic rings. The standard InChI is InChI=1S/C26H20FNO3/c27-22-13-10-20(11-14-22)16-28(25(29)15-12-19-6-2-1-3-7-19)17-21-18-31-24-9-5-4-8-23(24)26(21)30/h1-15,18H,16-17H2/b15-12+. The number of para-hydroxylation sites is 1. The van der Waals surface area contributed by atoms with E-state index in [1.165, 1.54) is 29.4 Å². The van der Waals surface area contributed by atoms with Crippen molar-refractivity contribution in [3.05, 3.63) is 124 Å². The van der Waals surface area contributed by atoms with E-state index in [1.54, 1.807) is 42.5 Å². The Morgan fingerprint density at radius 2 is 1.61 bits per heavy atom. The Morgan fingerprint density at radius 3 is 2.39 bits per heavy atom. The van der Waals surface area contributed by atoms with E-state index in [0.717, 1.165) is 11.1 Å². The zero-order valence-electron chi connectivity index (χ0n) is 16.7. The second kappa shape index (κ2) is 9.22. The molecule has 0 saturated carbocycles. The molecular formula is C26H20FNO3. The van der Waals surface area contributed by atoms with Crippen molar-refractivity contribution in [3.63, 3.8) is 0 Å². The van der Waals surface area contributed by atoms with Gasteiger partial charge in [-0.2, -0.15) is 0 Å². The normalized spacial score (nSPS) is 11.1. The van der Waals surface area contributed by atoms with Gasteiger partial charge in [0.1, 0.15) is 11.4 Å². The SMILES string of the molecule is O=C(/C=C/c1ccccc1)N(Cc1ccc(F)cc1)Cc1coc2ccccc2c1=O. The lowest BCUT2D eigenvalue weighted by molar-refractivity contribution is -0.127. The maximum absolute atomic E-state index is 13.3. The summed E-state index contributed by atoms with van der Waals surface area (Å²) in [4.78, 5) is 27.4. The van der Waals surface area contributed by atoms with Crippen LogP contribution < -0.4 is 5.43 Å². The molecule has 0 atom stereocenters. The number of amides is 1. The quantitative estimate of drug-likeness (QED) is 0.410. The molecule has 3 aromatic carbocycles. The second-order valence-corrected chi connectivity index (χ2v) is 7.15. The van der Waals surface area contributed by atoms with Gasteiger partial charge >= 0.3 is 0 Å². The van der Waals surface area contributed by atoms with Crippen LogP contribution in [0, 0.1) is 5.82 Å². The third-order valence-corrected chi connectivity index (χ3v) is 4.93. The molecular weight excluding hydrogens is 393 g/mol. The van der Waals surface area contributed by atoms with Crippen LogP contribution >= 0.6 is 0 Å².